The van der Waals surface area contributed by atoms with Gasteiger partial charge in [-0.25, -0.2) is 9.97 Å². The van der Waals surface area contributed by atoms with Gasteiger partial charge in [0.05, 0.1) is 16.1 Å². The highest BCUT2D eigenvalue weighted by atomic mass is 32.1. The van der Waals surface area contributed by atoms with E-state index in [4.69, 9.17) is 0 Å². The second-order valence-corrected chi connectivity index (χ2v) is 7.04. The summed E-state index contributed by atoms with van der Waals surface area (Å²) in [4.78, 5) is 9.88. The molecule has 5 nitrogen and oxygen atoms in total. The van der Waals surface area contributed by atoms with Gasteiger partial charge in [0.2, 0.25) is 0 Å². The fourth-order valence-electron chi connectivity index (χ4n) is 3.03. The zero-order valence-corrected chi connectivity index (χ0v) is 15.1. The van der Waals surface area contributed by atoms with Crippen LogP contribution in [0.3, 0.4) is 0 Å². The zero-order valence-electron chi connectivity index (χ0n) is 14.3. The first-order chi connectivity index (χ1) is 13.4. The van der Waals surface area contributed by atoms with Crippen LogP contribution in [-0.4, -0.2) is 20.2 Å². The van der Waals surface area contributed by atoms with Gasteiger partial charge in [-0.1, -0.05) is 36.4 Å². The summed E-state index contributed by atoms with van der Waals surface area (Å²) in [6.07, 6.45) is 1.58. The molecule has 0 bridgehead atoms. The van der Waals surface area contributed by atoms with Crippen LogP contribution in [0.25, 0.3) is 32.7 Å². The Labute approximate surface area is 159 Å². The third kappa shape index (κ3) is 3.07. The molecule has 0 radical (unpaired) electrons. The van der Waals surface area contributed by atoms with Crippen molar-refractivity contribution in [3.05, 3.63) is 78.4 Å². The predicted molar refractivity (Wildman–Crippen MR) is 110 cm³/mol. The highest BCUT2D eigenvalue weighted by Crippen LogP contribution is 2.32. The number of aromatic amines is 1. The summed E-state index contributed by atoms with van der Waals surface area (Å²) in [5.74, 6) is 0.754. The standard InChI is InChI=1S/C21H15N5S/c1-2-5-14(6-3-1)18-12-20(23-13-22-18)24-15-8-9-17-16(11-15)21(26-25-17)19-7-4-10-27-19/h1-13H,(H,25,26)(H,22,23,24). The Balaban J connectivity index is 1.49. The van der Waals surface area contributed by atoms with Crippen LogP contribution in [0.15, 0.2) is 78.4 Å². The maximum absolute atomic E-state index is 4.47. The molecule has 5 aromatic rings. The summed E-state index contributed by atoms with van der Waals surface area (Å²) in [5.41, 5.74) is 4.89. The minimum atomic E-state index is 0.754. The topological polar surface area (TPSA) is 66.5 Å². The number of thiophene rings is 1. The van der Waals surface area contributed by atoms with Crippen molar-refractivity contribution in [3.63, 3.8) is 0 Å². The number of benzene rings is 2. The van der Waals surface area contributed by atoms with Gasteiger partial charge in [-0.2, -0.15) is 5.10 Å². The summed E-state index contributed by atoms with van der Waals surface area (Å²) < 4.78 is 0. The van der Waals surface area contributed by atoms with E-state index in [1.165, 1.54) is 0 Å². The first-order valence-electron chi connectivity index (χ1n) is 8.53. The van der Waals surface area contributed by atoms with Crippen molar-refractivity contribution in [1.29, 1.82) is 0 Å². The summed E-state index contributed by atoms with van der Waals surface area (Å²) in [7, 11) is 0. The summed E-state index contributed by atoms with van der Waals surface area (Å²) in [5, 5.41) is 14.1. The number of hydrogen-bond donors (Lipinski definition) is 2. The Bertz CT molecular complexity index is 1200. The van der Waals surface area contributed by atoms with Gasteiger partial charge in [0, 0.05) is 22.7 Å². The number of anilines is 2. The second kappa shape index (κ2) is 6.66. The Kier molecular flexibility index (Phi) is 3.88. The molecule has 2 aromatic carbocycles. The molecule has 27 heavy (non-hydrogen) atoms. The van der Waals surface area contributed by atoms with Crippen molar-refractivity contribution in [2.24, 2.45) is 0 Å². The van der Waals surface area contributed by atoms with E-state index in [0.29, 0.717) is 0 Å². The lowest BCUT2D eigenvalue weighted by Gasteiger charge is -2.07. The molecule has 0 unspecified atom stereocenters. The number of fused-ring (bicyclic) bond motifs is 1. The van der Waals surface area contributed by atoms with Crippen LogP contribution in [-0.2, 0) is 0 Å². The van der Waals surface area contributed by atoms with E-state index in [2.05, 4.69) is 43.0 Å². The van der Waals surface area contributed by atoms with Gasteiger partial charge >= 0.3 is 0 Å². The number of hydrogen-bond acceptors (Lipinski definition) is 5. The number of nitrogens with one attached hydrogen (secondary N) is 2. The molecule has 0 amide bonds. The number of H-pyrrole nitrogens is 1. The molecule has 3 heterocycles. The highest BCUT2D eigenvalue weighted by Gasteiger charge is 2.10. The first-order valence-corrected chi connectivity index (χ1v) is 9.41. The molecule has 6 heteroatoms. The van der Waals surface area contributed by atoms with E-state index in [1.807, 2.05) is 54.6 Å². The fraction of sp³-hybridized carbons (Fsp3) is 0. The fourth-order valence-corrected chi connectivity index (χ4v) is 3.76. The summed E-state index contributed by atoms with van der Waals surface area (Å²) in [6.45, 7) is 0. The average molecular weight is 369 g/mol. The molecule has 5 rings (SSSR count). The SMILES string of the molecule is c1ccc(-c2cc(Nc3ccc4[nH]nc(-c5cccs5)c4c3)ncn2)cc1. The first kappa shape index (κ1) is 15.7. The largest absolute Gasteiger partial charge is 0.340 e. The van der Waals surface area contributed by atoms with E-state index < -0.39 is 0 Å². The maximum atomic E-state index is 4.47. The molecule has 0 aliphatic carbocycles. The van der Waals surface area contributed by atoms with Crippen molar-refractivity contribution in [2.45, 2.75) is 0 Å². The molecular weight excluding hydrogens is 354 g/mol. The van der Waals surface area contributed by atoms with E-state index in [1.54, 1.807) is 17.7 Å². The number of nitrogens with zero attached hydrogens (tertiary/aromatic N) is 3. The van der Waals surface area contributed by atoms with Crippen molar-refractivity contribution >= 4 is 33.7 Å². The molecule has 2 N–H and O–H groups in total. The molecule has 3 aromatic heterocycles. The van der Waals surface area contributed by atoms with Gasteiger partial charge < -0.3 is 5.32 Å². The van der Waals surface area contributed by atoms with E-state index in [-0.39, 0.29) is 0 Å². The lowest BCUT2D eigenvalue weighted by atomic mass is 10.1. The Morgan fingerprint density at radius 3 is 2.67 bits per heavy atom. The molecule has 0 fully saturated rings. The van der Waals surface area contributed by atoms with Crippen LogP contribution in [0, 0.1) is 0 Å². The van der Waals surface area contributed by atoms with Gasteiger partial charge in [0.1, 0.15) is 17.8 Å². The lowest BCUT2D eigenvalue weighted by Crippen LogP contribution is -1.95. The van der Waals surface area contributed by atoms with Gasteiger partial charge in [-0.15, -0.1) is 11.3 Å². The Morgan fingerprint density at radius 1 is 0.889 bits per heavy atom. The molecule has 0 aliphatic heterocycles. The minimum Gasteiger partial charge on any atom is -0.340 e. The molecule has 0 spiro atoms. The highest BCUT2D eigenvalue weighted by molar-refractivity contribution is 7.13. The second-order valence-electron chi connectivity index (χ2n) is 6.09. The number of rotatable bonds is 4. The quantitative estimate of drug-likeness (QED) is 0.439. The third-order valence-corrected chi connectivity index (χ3v) is 5.20. The van der Waals surface area contributed by atoms with Crippen molar-refractivity contribution in [3.8, 4) is 21.8 Å². The monoisotopic (exact) mass is 369 g/mol. The Morgan fingerprint density at radius 2 is 1.81 bits per heavy atom. The molecule has 130 valence electrons. The normalized spacial score (nSPS) is 11.0. The van der Waals surface area contributed by atoms with E-state index in [0.717, 1.165) is 44.2 Å². The number of aromatic nitrogens is 4. The van der Waals surface area contributed by atoms with Gasteiger partial charge in [-0.3, -0.25) is 5.10 Å². The van der Waals surface area contributed by atoms with Gasteiger partial charge in [0.25, 0.3) is 0 Å². The third-order valence-electron chi connectivity index (χ3n) is 4.33. The van der Waals surface area contributed by atoms with Gasteiger partial charge in [0.15, 0.2) is 0 Å². The average Bonchev–Trinajstić information content (AvgIpc) is 3.38. The predicted octanol–water partition coefficient (Wildman–Crippen LogP) is 5.49. The van der Waals surface area contributed by atoms with Crippen LogP contribution >= 0.6 is 11.3 Å². The maximum Gasteiger partial charge on any atom is 0.134 e. The van der Waals surface area contributed by atoms with Gasteiger partial charge in [-0.05, 0) is 29.6 Å². The smallest absolute Gasteiger partial charge is 0.134 e. The van der Waals surface area contributed by atoms with Crippen molar-refractivity contribution in [1.82, 2.24) is 20.2 Å². The molecule has 0 aliphatic rings. The zero-order chi connectivity index (χ0) is 18.1. The van der Waals surface area contributed by atoms with Crippen LogP contribution in [0.4, 0.5) is 11.5 Å². The molecule has 0 saturated heterocycles. The van der Waals surface area contributed by atoms with E-state index in [9.17, 15) is 0 Å². The van der Waals surface area contributed by atoms with Crippen molar-refractivity contribution in [2.75, 3.05) is 5.32 Å². The van der Waals surface area contributed by atoms with Crippen LogP contribution in [0.5, 0.6) is 0 Å². The lowest BCUT2D eigenvalue weighted by molar-refractivity contribution is 1.13. The van der Waals surface area contributed by atoms with Crippen molar-refractivity contribution < 1.29 is 0 Å². The summed E-state index contributed by atoms with van der Waals surface area (Å²) >= 11 is 1.68. The summed E-state index contributed by atoms with van der Waals surface area (Å²) in [6, 6.07) is 22.3. The minimum absolute atomic E-state index is 0.754. The van der Waals surface area contributed by atoms with E-state index >= 15 is 0 Å². The molecule has 0 atom stereocenters. The molecular formula is C21H15N5S. The Hall–Kier alpha value is -3.51. The molecule has 0 saturated carbocycles. The van der Waals surface area contributed by atoms with Crippen LogP contribution < -0.4 is 5.32 Å². The van der Waals surface area contributed by atoms with Crippen LogP contribution in [0.1, 0.15) is 0 Å². The van der Waals surface area contributed by atoms with Crippen LogP contribution in [0.2, 0.25) is 0 Å².